The molecule has 0 spiro atoms. The highest BCUT2D eigenvalue weighted by molar-refractivity contribution is 5.77. The van der Waals surface area contributed by atoms with Crippen LogP contribution in [0.25, 0.3) is 0 Å². The molecule has 3 heterocycles. The van der Waals surface area contributed by atoms with Gasteiger partial charge in [0.1, 0.15) is 11.9 Å². The number of pyridine rings is 1. The molecule has 3 rings (SSSR count). The zero-order chi connectivity index (χ0) is 15.5. The molecule has 2 N–H and O–H groups in total. The van der Waals surface area contributed by atoms with Crippen LogP contribution in [0.2, 0.25) is 0 Å². The fraction of sp³-hybridized carbons (Fsp3) is 0.562. The number of hydrogen-bond acceptors (Lipinski definition) is 5. The molecule has 2 fully saturated rings. The van der Waals surface area contributed by atoms with Gasteiger partial charge in [0.25, 0.3) is 0 Å². The van der Waals surface area contributed by atoms with Crippen molar-refractivity contribution in [2.24, 2.45) is 17.6 Å². The maximum Gasteiger partial charge on any atom is 0.223 e. The molecule has 0 aliphatic carbocycles. The van der Waals surface area contributed by atoms with Gasteiger partial charge in [-0.25, -0.2) is 4.98 Å². The third-order valence-corrected chi connectivity index (χ3v) is 4.71. The number of primary amides is 1. The minimum atomic E-state index is -0.237. The van der Waals surface area contributed by atoms with Crippen molar-refractivity contribution in [1.29, 1.82) is 5.26 Å². The Labute approximate surface area is 129 Å². The van der Waals surface area contributed by atoms with Crippen LogP contribution >= 0.6 is 0 Å². The molecular formula is C16H20N4O2. The zero-order valence-electron chi connectivity index (χ0n) is 12.4. The summed E-state index contributed by atoms with van der Waals surface area (Å²) < 4.78 is 5.77. The Balaban J connectivity index is 1.60. The molecule has 0 unspecified atom stereocenters. The van der Waals surface area contributed by atoms with Gasteiger partial charge in [0.2, 0.25) is 5.91 Å². The molecule has 2 atom stereocenters. The largest absolute Gasteiger partial charge is 0.377 e. The highest BCUT2D eigenvalue weighted by Crippen LogP contribution is 2.33. The normalized spacial score (nSPS) is 25.9. The number of aromatic nitrogens is 1. The summed E-state index contributed by atoms with van der Waals surface area (Å²) in [5.41, 5.74) is 6.05. The van der Waals surface area contributed by atoms with Crippen molar-refractivity contribution in [3.8, 4) is 6.07 Å². The summed E-state index contributed by atoms with van der Waals surface area (Å²) in [6.45, 7) is 2.40. The van der Waals surface area contributed by atoms with Gasteiger partial charge in [-0.1, -0.05) is 0 Å². The van der Waals surface area contributed by atoms with E-state index in [2.05, 4.69) is 16.0 Å². The number of carbonyl (C=O) groups excluding carboxylic acids is 1. The van der Waals surface area contributed by atoms with Crippen LogP contribution in [0.3, 0.4) is 0 Å². The van der Waals surface area contributed by atoms with Crippen LogP contribution in [0.1, 0.15) is 24.8 Å². The first-order valence-electron chi connectivity index (χ1n) is 7.71. The highest BCUT2D eigenvalue weighted by Gasteiger charge is 2.39. The molecule has 1 aromatic heterocycles. The first-order valence-corrected chi connectivity index (χ1v) is 7.71. The van der Waals surface area contributed by atoms with Crippen molar-refractivity contribution in [2.75, 3.05) is 24.6 Å². The van der Waals surface area contributed by atoms with Crippen LogP contribution in [0.4, 0.5) is 5.82 Å². The van der Waals surface area contributed by atoms with E-state index < -0.39 is 0 Å². The van der Waals surface area contributed by atoms with Crippen LogP contribution in [-0.2, 0) is 9.53 Å². The van der Waals surface area contributed by atoms with E-state index >= 15 is 0 Å². The summed E-state index contributed by atoms with van der Waals surface area (Å²) >= 11 is 0. The molecule has 6 heteroatoms. The van der Waals surface area contributed by atoms with Crippen LogP contribution in [-0.4, -0.2) is 36.7 Å². The van der Waals surface area contributed by atoms with Gasteiger partial charge in [0.05, 0.1) is 17.6 Å². The van der Waals surface area contributed by atoms with Crippen molar-refractivity contribution in [2.45, 2.75) is 25.4 Å². The van der Waals surface area contributed by atoms with Gasteiger partial charge in [-0.2, -0.15) is 5.26 Å². The van der Waals surface area contributed by atoms with E-state index in [0.29, 0.717) is 18.1 Å². The van der Waals surface area contributed by atoms with Gasteiger partial charge in [0, 0.05) is 25.9 Å². The average Bonchev–Trinajstić information content (AvgIpc) is 3.05. The molecule has 6 nitrogen and oxygen atoms in total. The third-order valence-electron chi connectivity index (χ3n) is 4.71. The number of piperidine rings is 1. The fourth-order valence-electron chi connectivity index (χ4n) is 3.48. The molecule has 1 aromatic rings. The number of rotatable bonds is 3. The lowest BCUT2D eigenvalue weighted by atomic mass is 9.84. The third kappa shape index (κ3) is 2.90. The molecule has 0 radical (unpaired) electrons. The number of hydrogen-bond donors (Lipinski definition) is 1. The van der Waals surface area contributed by atoms with Crippen LogP contribution in [0, 0.1) is 23.2 Å². The van der Waals surface area contributed by atoms with Crippen molar-refractivity contribution in [3.63, 3.8) is 0 Å². The summed E-state index contributed by atoms with van der Waals surface area (Å²) in [5, 5.41) is 8.81. The van der Waals surface area contributed by atoms with Gasteiger partial charge in [-0.15, -0.1) is 0 Å². The maximum absolute atomic E-state index is 11.5. The molecule has 0 aromatic carbocycles. The average molecular weight is 300 g/mol. The number of amides is 1. The van der Waals surface area contributed by atoms with E-state index in [1.165, 1.54) is 0 Å². The fourth-order valence-corrected chi connectivity index (χ4v) is 3.48. The van der Waals surface area contributed by atoms with Gasteiger partial charge in [0.15, 0.2) is 0 Å². The lowest BCUT2D eigenvalue weighted by Gasteiger charge is -2.36. The predicted molar refractivity (Wildman–Crippen MR) is 80.9 cm³/mol. The van der Waals surface area contributed by atoms with E-state index in [1.54, 1.807) is 12.3 Å². The minimum absolute atomic E-state index is 0.0198. The van der Waals surface area contributed by atoms with Crippen molar-refractivity contribution < 1.29 is 9.53 Å². The SMILES string of the molecule is N#Cc1ccc(N2CCC([C@H]3OCC[C@@H]3C(N)=O)CC2)nc1. The van der Waals surface area contributed by atoms with Crippen molar-refractivity contribution >= 4 is 11.7 Å². The van der Waals surface area contributed by atoms with Gasteiger partial charge >= 0.3 is 0 Å². The zero-order valence-corrected chi connectivity index (χ0v) is 12.4. The Bertz CT molecular complexity index is 573. The lowest BCUT2D eigenvalue weighted by molar-refractivity contribution is -0.124. The summed E-state index contributed by atoms with van der Waals surface area (Å²) in [6.07, 6.45) is 4.27. The molecule has 1 amide bonds. The predicted octanol–water partition coefficient (Wildman–Crippen LogP) is 1.06. The summed E-state index contributed by atoms with van der Waals surface area (Å²) in [7, 11) is 0. The van der Waals surface area contributed by atoms with E-state index in [9.17, 15) is 4.79 Å². The van der Waals surface area contributed by atoms with Crippen LogP contribution in [0.5, 0.6) is 0 Å². The number of nitrogens with zero attached hydrogens (tertiary/aromatic N) is 3. The number of ether oxygens (including phenoxy) is 1. The molecule has 2 saturated heterocycles. The summed E-state index contributed by atoms with van der Waals surface area (Å²) in [5.74, 6) is 0.911. The quantitative estimate of drug-likeness (QED) is 0.901. The van der Waals surface area contributed by atoms with E-state index in [4.69, 9.17) is 15.7 Å². The Hall–Kier alpha value is -2.13. The smallest absolute Gasteiger partial charge is 0.223 e. The van der Waals surface area contributed by atoms with Crippen LogP contribution < -0.4 is 10.6 Å². The summed E-state index contributed by atoms with van der Waals surface area (Å²) in [4.78, 5) is 18.0. The molecule has 22 heavy (non-hydrogen) atoms. The molecule has 2 aliphatic heterocycles. The lowest BCUT2D eigenvalue weighted by Crippen LogP contribution is -2.42. The minimum Gasteiger partial charge on any atom is -0.377 e. The number of nitrogens with two attached hydrogens (primary N) is 1. The Morgan fingerprint density at radius 2 is 2.14 bits per heavy atom. The molecule has 2 aliphatic rings. The second kappa shape index (κ2) is 6.32. The second-order valence-electron chi connectivity index (χ2n) is 5.97. The standard InChI is InChI=1S/C16H20N4O2/c17-9-11-1-2-14(19-10-11)20-6-3-12(4-7-20)15-13(16(18)21)5-8-22-15/h1-2,10,12-13,15H,3-8H2,(H2,18,21)/t13-,15+/m0/s1. The second-order valence-corrected chi connectivity index (χ2v) is 5.97. The summed E-state index contributed by atoms with van der Waals surface area (Å²) in [6, 6.07) is 5.75. The van der Waals surface area contributed by atoms with Gasteiger partial charge < -0.3 is 15.4 Å². The Morgan fingerprint density at radius 1 is 1.36 bits per heavy atom. The van der Waals surface area contributed by atoms with Crippen molar-refractivity contribution in [1.82, 2.24) is 4.98 Å². The monoisotopic (exact) mass is 300 g/mol. The first-order chi connectivity index (χ1) is 10.7. The van der Waals surface area contributed by atoms with E-state index in [-0.39, 0.29) is 17.9 Å². The van der Waals surface area contributed by atoms with E-state index in [1.807, 2.05) is 6.07 Å². The van der Waals surface area contributed by atoms with Crippen molar-refractivity contribution in [3.05, 3.63) is 23.9 Å². The molecular weight excluding hydrogens is 280 g/mol. The Kier molecular flexibility index (Phi) is 4.25. The first kappa shape index (κ1) is 14.8. The number of carbonyl (C=O) groups is 1. The van der Waals surface area contributed by atoms with Gasteiger partial charge in [-0.05, 0) is 37.3 Å². The molecule has 116 valence electrons. The highest BCUT2D eigenvalue weighted by atomic mass is 16.5. The molecule has 0 bridgehead atoms. The number of nitriles is 1. The molecule has 0 saturated carbocycles. The van der Waals surface area contributed by atoms with Gasteiger partial charge in [-0.3, -0.25) is 4.79 Å². The number of anilines is 1. The maximum atomic E-state index is 11.5. The topological polar surface area (TPSA) is 92.2 Å². The van der Waals surface area contributed by atoms with Crippen LogP contribution in [0.15, 0.2) is 18.3 Å². The van der Waals surface area contributed by atoms with E-state index in [0.717, 1.165) is 38.2 Å². The Morgan fingerprint density at radius 3 is 2.73 bits per heavy atom.